The van der Waals surface area contributed by atoms with Crippen molar-refractivity contribution in [2.45, 2.75) is 32.5 Å². The fourth-order valence-electron chi connectivity index (χ4n) is 4.19. The van der Waals surface area contributed by atoms with Crippen LogP contribution in [-0.2, 0) is 16.0 Å². The number of ether oxygens (including phenoxy) is 1. The molecular formula is C20H19F3N2O3. The summed E-state index contributed by atoms with van der Waals surface area (Å²) in [5.74, 6) is -1.18. The van der Waals surface area contributed by atoms with Crippen LogP contribution >= 0.6 is 0 Å². The number of allylic oxidation sites excluding steroid dienone is 2. The number of rotatable bonds is 4. The molecule has 1 fully saturated rings. The second-order valence-corrected chi connectivity index (χ2v) is 7.22. The molecule has 148 valence electrons. The van der Waals surface area contributed by atoms with Gasteiger partial charge in [0.25, 0.3) is 0 Å². The Morgan fingerprint density at radius 2 is 1.79 bits per heavy atom. The Bertz CT molecular complexity index is 951. The molecule has 8 heteroatoms. The zero-order valence-corrected chi connectivity index (χ0v) is 15.2. The number of imide groups is 1. The number of hydrogen-bond acceptors (Lipinski definition) is 3. The Kier molecular flexibility index (Phi) is 4.44. The minimum atomic E-state index is -4.77. The number of carbonyl (C=O) groups is 2. The molecule has 1 aliphatic carbocycles. The number of likely N-dealkylation sites (tertiary alicyclic amines) is 1. The molecule has 28 heavy (non-hydrogen) atoms. The Hall–Kier alpha value is -2.77. The van der Waals surface area contributed by atoms with Gasteiger partial charge < -0.3 is 9.72 Å². The van der Waals surface area contributed by atoms with E-state index in [9.17, 15) is 22.8 Å². The SMILES string of the molecule is Cc1[nH]c2ccc(OC(F)(F)F)cc2c1CCN1C(=O)[C@H]2CC=CC[C@H]2C1=O. The lowest BCUT2D eigenvalue weighted by Crippen LogP contribution is -2.33. The molecule has 1 saturated heterocycles. The number of benzene rings is 1. The summed E-state index contributed by atoms with van der Waals surface area (Å²) in [5, 5.41) is 0.595. The third-order valence-corrected chi connectivity index (χ3v) is 5.51. The summed E-state index contributed by atoms with van der Waals surface area (Å²) < 4.78 is 41.6. The molecule has 1 aromatic carbocycles. The minimum absolute atomic E-state index is 0.155. The van der Waals surface area contributed by atoms with Gasteiger partial charge in [0, 0.05) is 23.1 Å². The number of H-pyrrole nitrogens is 1. The zero-order valence-electron chi connectivity index (χ0n) is 15.2. The average Bonchev–Trinajstić information content (AvgIpc) is 3.06. The number of alkyl halides is 3. The molecule has 2 amide bonds. The van der Waals surface area contributed by atoms with E-state index < -0.39 is 6.36 Å². The Balaban J connectivity index is 1.56. The fraction of sp³-hybridized carbons (Fsp3) is 0.400. The highest BCUT2D eigenvalue weighted by Gasteiger charge is 2.46. The number of halogens is 3. The summed E-state index contributed by atoms with van der Waals surface area (Å²) in [4.78, 5) is 29.6. The van der Waals surface area contributed by atoms with Crippen molar-refractivity contribution in [2.75, 3.05) is 6.54 Å². The average molecular weight is 392 g/mol. The van der Waals surface area contributed by atoms with Gasteiger partial charge in [-0.1, -0.05) is 12.2 Å². The van der Waals surface area contributed by atoms with Gasteiger partial charge in [0.1, 0.15) is 5.75 Å². The van der Waals surface area contributed by atoms with Crippen LogP contribution < -0.4 is 4.74 Å². The highest BCUT2D eigenvalue weighted by Crippen LogP contribution is 2.36. The van der Waals surface area contributed by atoms with Crippen molar-refractivity contribution in [3.63, 3.8) is 0 Å². The van der Waals surface area contributed by atoms with Gasteiger partial charge in [-0.25, -0.2) is 0 Å². The zero-order chi connectivity index (χ0) is 20.1. The number of aromatic amines is 1. The van der Waals surface area contributed by atoms with Crippen LogP contribution in [0.15, 0.2) is 30.4 Å². The maximum absolute atomic E-state index is 12.6. The van der Waals surface area contributed by atoms with Crippen molar-refractivity contribution in [1.29, 1.82) is 0 Å². The molecule has 0 unspecified atom stereocenters. The Morgan fingerprint density at radius 1 is 1.14 bits per heavy atom. The van der Waals surface area contributed by atoms with Gasteiger partial charge in [-0.05, 0) is 49.9 Å². The summed E-state index contributed by atoms with van der Waals surface area (Å²) in [6.07, 6.45) is 0.624. The molecule has 0 saturated carbocycles. The monoisotopic (exact) mass is 392 g/mol. The first kappa shape index (κ1) is 18.6. The van der Waals surface area contributed by atoms with E-state index in [1.54, 1.807) is 0 Å². The maximum Gasteiger partial charge on any atom is 0.573 e. The first-order valence-electron chi connectivity index (χ1n) is 9.12. The van der Waals surface area contributed by atoms with E-state index in [1.165, 1.54) is 23.1 Å². The van der Waals surface area contributed by atoms with Crippen LogP contribution in [0.1, 0.15) is 24.1 Å². The Labute approximate surface area is 159 Å². The van der Waals surface area contributed by atoms with Gasteiger partial charge >= 0.3 is 6.36 Å². The lowest BCUT2D eigenvalue weighted by molar-refractivity contribution is -0.274. The van der Waals surface area contributed by atoms with Crippen molar-refractivity contribution in [3.8, 4) is 5.75 Å². The van der Waals surface area contributed by atoms with E-state index in [-0.39, 0.29) is 35.9 Å². The van der Waals surface area contributed by atoms with Gasteiger partial charge in [0.05, 0.1) is 11.8 Å². The third kappa shape index (κ3) is 3.27. The molecule has 5 nitrogen and oxygen atoms in total. The van der Waals surface area contributed by atoms with Gasteiger partial charge in [-0.2, -0.15) is 0 Å². The standard InChI is InChI=1S/C20H19F3N2O3/c1-11-13(16-10-12(28-20(21,22)23)6-7-17(16)24-11)8-9-25-18(26)14-4-2-3-5-15(14)19(25)27/h2-3,6-7,10,14-15,24H,4-5,8-9H2,1H3/t14-,15+. The van der Waals surface area contributed by atoms with Crippen LogP contribution in [0.25, 0.3) is 10.9 Å². The predicted octanol–water partition coefficient (Wildman–Crippen LogP) is 3.87. The van der Waals surface area contributed by atoms with Crippen LogP contribution in [0.2, 0.25) is 0 Å². The molecule has 4 rings (SSSR count). The topological polar surface area (TPSA) is 62.4 Å². The quantitative estimate of drug-likeness (QED) is 0.635. The van der Waals surface area contributed by atoms with E-state index in [1.807, 2.05) is 19.1 Å². The van der Waals surface area contributed by atoms with Gasteiger partial charge in [0.15, 0.2) is 0 Å². The highest BCUT2D eigenvalue weighted by atomic mass is 19.4. The number of amides is 2. The smallest absolute Gasteiger partial charge is 0.406 e. The molecule has 0 spiro atoms. The lowest BCUT2D eigenvalue weighted by Gasteiger charge is -2.15. The normalized spacial score (nSPS) is 22.2. The lowest BCUT2D eigenvalue weighted by atomic mass is 9.85. The molecule has 2 atom stereocenters. The Morgan fingerprint density at radius 3 is 2.39 bits per heavy atom. The third-order valence-electron chi connectivity index (χ3n) is 5.51. The minimum Gasteiger partial charge on any atom is -0.406 e. The summed E-state index contributed by atoms with van der Waals surface area (Å²) >= 11 is 0. The molecule has 0 bridgehead atoms. The number of aryl methyl sites for hydroxylation is 1. The maximum atomic E-state index is 12.6. The van der Waals surface area contributed by atoms with Gasteiger partial charge in [0.2, 0.25) is 11.8 Å². The predicted molar refractivity (Wildman–Crippen MR) is 95.5 cm³/mol. The number of carbonyl (C=O) groups excluding carboxylic acids is 2. The molecule has 0 radical (unpaired) electrons. The van der Waals surface area contributed by atoms with Crippen molar-refractivity contribution >= 4 is 22.7 Å². The number of hydrogen-bond donors (Lipinski definition) is 1. The summed E-state index contributed by atoms with van der Waals surface area (Å²) in [6.45, 7) is 2.03. The molecule has 2 aliphatic rings. The van der Waals surface area contributed by atoms with Crippen molar-refractivity contribution in [2.24, 2.45) is 11.8 Å². The number of aromatic nitrogens is 1. The van der Waals surface area contributed by atoms with E-state index in [2.05, 4.69) is 9.72 Å². The van der Waals surface area contributed by atoms with Crippen LogP contribution in [0.4, 0.5) is 13.2 Å². The van der Waals surface area contributed by atoms with E-state index in [0.717, 1.165) is 11.3 Å². The molecule has 2 heterocycles. The van der Waals surface area contributed by atoms with Crippen molar-refractivity contribution in [1.82, 2.24) is 9.88 Å². The largest absolute Gasteiger partial charge is 0.573 e. The molecule has 1 aliphatic heterocycles. The van der Waals surface area contributed by atoms with E-state index in [4.69, 9.17) is 0 Å². The number of fused-ring (bicyclic) bond motifs is 2. The first-order valence-corrected chi connectivity index (χ1v) is 9.12. The molecular weight excluding hydrogens is 373 g/mol. The first-order chi connectivity index (χ1) is 13.2. The number of nitrogens with one attached hydrogen (secondary N) is 1. The second kappa shape index (κ2) is 6.68. The van der Waals surface area contributed by atoms with Crippen LogP contribution in [0.5, 0.6) is 5.75 Å². The summed E-state index contributed by atoms with van der Waals surface area (Å²) in [7, 11) is 0. The van der Waals surface area contributed by atoms with Gasteiger partial charge in [-0.3, -0.25) is 14.5 Å². The summed E-state index contributed by atoms with van der Waals surface area (Å²) in [6, 6.07) is 4.11. The van der Waals surface area contributed by atoms with Crippen molar-refractivity contribution in [3.05, 3.63) is 41.6 Å². The number of nitrogens with zero attached hydrogens (tertiary/aromatic N) is 1. The molecule has 1 N–H and O–H groups in total. The van der Waals surface area contributed by atoms with Crippen LogP contribution in [-0.4, -0.2) is 34.6 Å². The fourth-order valence-corrected chi connectivity index (χ4v) is 4.19. The van der Waals surface area contributed by atoms with Crippen molar-refractivity contribution < 1.29 is 27.5 Å². The van der Waals surface area contributed by atoms with Gasteiger partial charge in [-0.15, -0.1) is 13.2 Å². The second-order valence-electron chi connectivity index (χ2n) is 7.22. The molecule has 1 aromatic heterocycles. The molecule has 2 aromatic rings. The van der Waals surface area contributed by atoms with E-state index >= 15 is 0 Å². The van der Waals surface area contributed by atoms with E-state index in [0.29, 0.717) is 30.2 Å². The van der Waals surface area contributed by atoms with Crippen LogP contribution in [0.3, 0.4) is 0 Å². The summed E-state index contributed by atoms with van der Waals surface area (Å²) in [5.41, 5.74) is 2.24. The highest BCUT2D eigenvalue weighted by molar-refractivity contribution is 6.05. The van der Waals surface area contributed by atoms with Crippen LogP contribution in [0, 0.1) is 18.8 Å².